The Bertz CT molecular complexity index is 435. The molecule has 1 aromatic rings. The van der Waals surface area contributed by atoms with Crippen molar-refractivity contribution in [1.29, 1.82) is 0 Å². The van der Waals surface area contributed by atoms with Crippen LogP contribution in [0.1, 0.15) is 24.8 Å². The molecule has 3 rings (SSSR count). The number of halogens is 1. The van der Waals surface area contributed by atoms with E-state index in [1.807, 2.05) is 6.20 Å². The molecule has 2 saturated heterocycles. The fourth-order valence-corrected chi connectivity index (χ4v) is 3.33. The van der Waals surface area contributed by atoms with Crippen LogP contribution in [-0.4, -0.2) is 42.1 Å². The molecule has 1 unspecified atom stereocenters. The van der Waals surface area contributed by atoms with E-state index in [1.54, 1.807) is 0 Å². The molecule has 3 heterocycles. The number of anilines is 1. The maximum Gasteiger partial charge on any atom is 0.128 e. The predicted molar refractivity (Wildman–Crippen MR) is 78.1 cm³/mol. The lowest BCUT2D eigenvalue weighted by molar-refractivity contribution is 0.273. The number of aryl methyl sites for hydroxylation is 1. The molecule has 1 atom stereocenters. The Morgan fingerprint density at radius 2 is 2.11 bits per heavy atom. The van der Waals surface area contributed by atoms with Crippen molar-refractivity contribution in [3.8, 4) is 0 Å². The molecule has 0 aliphatic carbocycles. The van der Waals surface area contributed by atoms with Crippen molar-refractivity contribution in [1.82, 2.24) is 9.88 Å². The van der Waals surface area contributed by atoms with E-state index >= 15 is 0 Å². The number of pyridine rings is 1. The van der Waals surface area contributed by atoms with Crippen molar-refractivity contribution in [2.45, 2.75) is 32.2 Å². The molecule has 0 spiro atoms. The maximum absolute atomic E-state index is 4.58. The lowest BCUT2D eigenvalue weighted by atomic mass is 10.2. The number of rotatable bonds is 1. The van der Waals surface area contributed by atoms with Crippen LogP contribution in [-0.2, 0) is 0 Å². The lowest BCUT2D eigenvalue weighted by Crippen LogP contribution is -2.36. The van der Waals surface area contributed by atoms with Crippen LogP contribution in [0.5, 0.6) is 0 Å². The summed E-state index contributed by atoms with van der Waals surface area (Å²) in [7, 11) is 0. The normalized spacial score (nSPS) is 25.0. The number of fused-ring (bicyclic) bond motifs is 1. The molecule has 98 valence electrons. The molecule has 0 amide bonds. The smallest absolute Gasteiger partial charge is 0.128 e. The van der Waals surface area contributed by atoms with Crippen molar-refractivity contribution >= 4 is 21.7 Å². The predicted octanol–water partition coefficient (Wildman–Crippen LogP) is 2.83. The van der Waals surface area contributed by atoms with E-state index in [1.165, 1.54) is 37.9 Å². The van der Waals surface area contributed by atoms with Gasteiger partial charge in [0.15, 0.2) is 0 Å². The zero-order chi connectivity index (χ0) is 12.5. The summed E-state index contributed by atoms with van der Waals surface area (Å²) >= 11 is 3.52. The number of hydrogen-bond donors (Lipinski definition) is 0. The van der Waals surface area contributed by atoms with Gasteiger partial charge in [-0.05, 0) is 60.3 Å². The SMILES string of the molecule is Cc1cc(N2CCCN3CCCC3C2)ncc1Br. The molecule has 0 N–H and O–H groups in total. The summed E-state index contributed by atoms with van der Waals surface area (Å²) in [5.41, 5.74) is 1.27. The van der Waals surface area contributed by atoms with Gasteiger partial charge >= 0.3 is 0 Å². The third-order valence-corrected chi connectivity index (χ3v) is 4.99. The van der Waals surface area contributed by atoms with E-state index in [0.717, 1.165) is 29.4 Å². The van der Waals surface area contributed by atoms with Crippen molar-refractivity contribution in [2.24, 2.45) is 0 Å². The van der Waals surface area contributed by atoms with Gasteiger partial charge in [-0.15, -0.1) is 0 Å². The summed E-state index contributed by atoms with van der Waals surface area (Å²) in [6.07, 6.45) is 5.91. The molecule has 2 aliphatic rings. The molecule has 0 saturated carbocycles. The Balaban J connectivity index is 1.80. The summed E-state index contributed by atoms with van der Waals surface area (Å²) < 4.78 is 1.10. The maximum atomic E-state index is 4.58. The summed E-state index contributed by atoms with van der Waals surface area (Å²) in [5, 5.41) is 0. The van der Waals surface area contributed by atoms with Crippen LogP contribution in [0.4, 0.5) is 5.82 Å². The molecule has 4 heteroatoms. The van der Waals surface area contributed by atoms with Gasteiger partial charge in [0.1, 0.15) is 5.82 Å². The molecule has 0 radical (unpaired) electrons. The van der Waals surface area contributed by atoms with E-state index in [-0.39, 0.29) is 0 Å². The Morgan fingerprint density at radius 1 is 1.28 bits per heavy atom. The average molecular weight is 310 g/mol. The summed E-state index contributed by atoms with van der Waals surface area (Å²) in [4.78, 5) is 9.71. The van der Waals surface area contributed by atoms with Crippen molar-refractivity contribution in [3.63, 3.8) is 0 Å². The molecule has 18 heavy (non-hydrogen) atoms. The van der Waals surface area contributed by atoms with Gasteiger partial charge in [-0.3, -0.25) is 4.90 Å². The highest BCUT2D eigenvalue weighted by Gasteiger charge is 2.29. The molecule has 2 fully saturated rings. The van der Waals surface area contributed by atoms with Crippen molar-refractivity contribution in [2.75, 3.05) is 31.1 Å². The number of nitrogens with zero attached hydrogens (tertiary/aromatic N) is 3. The standard InChI is InChI=1S/C14H20BrN3/c1-11-8-14(16-9-13(11)15)18-7-3-6-17-5-2-4-12(17)10-18/h8-9,12H,2-7,10H2,1H3. The van der Waals surface area contributed by atoms with Gasteiger partial charge in [0.05, 0.1) is 0 Å². The van der Waals surface area contributed by atoms with Crippen LogP contribution in [0.3, 0.4) is 0 Å². The van der Waals surface area contributed by atoms with Crippen molar-refractivity contribution < 1.29 is 0 Å². The van der Waals surface area contributed by atoms with Crippen LogP contribution < -0.4 is 4.90 Å². The molecule has 0 bridgehead atoms. The lowest BCUT2D eigenvalue weighted by Gasteiger charge is -2.26. The van der Waals surface area contributed by atoms with E-state index in [4.69, 9.17) is 0 Å². The average Bonchev–Trinajstić information content (AvgIpc) is 2.70. The Labute approximate surface area is 117 Å². The molecule has 2 aliphatic heterocycles. The van der Waals surface area contributed by atoms with E-state index in [0.29, 0.717) is 0 Å². The first-order valence-corrected chi connectivity index (χ1v) is 7.64. The van der Waals surface area contributed by atoms with E-state index in [2.05, 4.69) is 43.7 Å². The molecular weight excluding hydrogens is 290 g/mol. The first-order chi connectivity index (χ1) is 8.74. The zero-order valence-corrected chi connectivity index (χ0v) is 12.5. The Hall–Kier alpha value is -0.610. The first kappa shape index (κ1) is 12.4. The van der Waals surface area contributed by atoms with Gasteiger partial charge in [0.2, 0.25) is 0 Å². The molecule has 1 aromatic heterocycles. The van der Waals surface area contributed by atoms with E-state index in [9.17, 15) is 0 Å². The number of hydrogen-bond acceptors (Lipinski definition) is 3. The molecular formula is C14H20BrN3. The highest BCUT2D eigenvalue weighted by molar-refractivity contribution is 9.10. The zero-order valence-electron chi connectivity index (χ0n) is 10.9. The largest absolute Gasteiger partial charge is 0.355 e. The van der Waals surface area contributed by atoms with Gasteiger partial charge in [0.25, 0.3) is 0 Å². The van der Waals surface area contributed by atoms with E-state index < -0.39 is 0 Å². The minimum absolute atomic E-state index is 0.748. The van der Waals surface area contributed by atoms with Crippen LogP contribution in [0.25, 0.3) is 0 Å². The summed E-state index contributed by atoms with van der Waals surface area (Å²) in [5.74, 6) is 1.14. The van der Waals surface area contributed by atoms with Crippen molar-refractivity contribution in [3.05, 3.63) is 22.3 Å². The van der Waals surface area contributed by atoms with Gasteiger partial charge in [0, 0.05) is 36.3 Å². The summed E-state index contributed by atoms with van der Waals surface area (Å²) in [6.45, 7) is 6.98. The quantitative estimate of drug-likeness (QED) is 0.795. The van der Waals surface area contributed by atoms with Gasteiger partial charge < -0.3 is 4.90 Å². The Morgan fingerprint density at radius 3 is 2.94 bits per heavy atom. The fourth-order valence-electron chi connectivity index (χ4n) is 3.11. The minimum Gasteiger partial charge on any atom is -0.355 e. The summed E-state index contributed by atoms with van der Waals surface area (Å²) in [6, 6.07) is 2.95. The molecule has 0 aromatic carbocycles. The highest BCUT2D eigenvalue weighted by atomic mass is 79.9. The first-order valence-electron chi connectivity index (χ1n) is 6.85. The van der Waals surface area contributed by atoms with Gasteiger partial charge in [-0.25, -0.2) is 4.98 Å². The third-order valence-electron chi connectivity index (χ3n) is 4.16. The van der Waals surface area contributed by atoms with Gasteiger partial charge in [-0.1, -0.05) is 0 Å². The second-order valence-electron chi connectivity index (χ2n) is 5.42. The minimum atomic E-state index is 0.748. The second kappa shape index (κ2) is 5.17. The van der Waals surface area contributed by atoms with Crippen LogP contribution in [0.15, 0.2) is 16.7 Å². The topological polar surface area (TPSA) is 19.4 Å². The number of aromatic nitrogens is 1. The van der Waals surface area contributed by atoms with Crippen LogP contribution in [0, 0.1) is 6.92 Å². The molecule has 3 nitrogen and oxygen atoms in total. The van der Waals surface area contributed by atoms with Crippen LogP contribution >= 0.6 is 15.9 Å². The highest BCUT2D eigenvalue weighted by Crippen LogP contribution is 2.25. The third kappa shape index (κ3) is 2.41. The second-order valence-corrected chi connectivity index (χ2v) is 6.28. The Kier molecular flexibility index (Phi) is 3.57. The van der Waals surface area contributed by atoms with Crippen LogP contribution in [0.2, 0.25) is 0 Å². The fraction of sp³-hybridized carbons (Fsp3) is 0.643. The monoisotopic (exact) mass is 309 g/mol. The van der Waals surface area contributed by atoms with Gasteiger partial charge in [-0.2, -0.15) is 0 Å².